The third kappa shape index (κ3) is 4.76. The van der Waals surface area contributed by atoms with E-state index in [1.807, 2.05) is 12.1 Å². The molecule has 0 spiro atoms. The van der Waals surface area contributed by atoms with E-state index < -0.39 is 30.5 Å². The second kappa shape index (κ2) is 8.63. The molecule has 34 heavy (non-hydrogen) atoms. The Morgan fingerprint density at radius 3 is 2.32 bits per heavy atom. The topological polar surface area (TPSA) is 52.8 Å². The minimum absolute atomic E-state index is 0.0279. The van der Waals surface area contributed by atoms with Crippen molar-refractivity contribution in [3.05, 3.63) is 66.0 Å². The van der Waals surface area contributed by atoms with Crippen molar-refractivity contribution >= 4 is 0 Å². The highest BCUT2D eigenvalue weighted by atomic mass is 19.4. The highest BCUT2D eigenvalue weighted by Gasteiger charge is 2.67. The molecule has 0 radical (unpaired) electrons. The lowest BCUT2D eigenvalue weighted by Crippen LogP contribution is -2.19. The summed E-state index contributed by atoms with van der Waals surface area (Å²) in [5.74, 6) is -2.32. The van der Waals surface area contributed by atoms with Crippen LogP contribution in [0.3, 0.4) is 0 Å². The molecule has 5 rings (SSSR count). The van der Waals surface area contributed by atoms with Crippen molar-refractivity contribution in [3.8, 4) is 11.4 Å². The van der Waals surface area contributed by atoms with Crippen LogP contribution in [0.15, 0.2) is 48.8 Å². The Morgan fingerprint density at radius 1 is 1.00 bits per heavy atom. The fraction of sp³-hybridized carbons (Fsp3) is 0.458. The van der Waals surface area contributed by atoms with E-state index >= 15 is 0 Å². The van der Waals surface area contributed by atoms with Gasteiger partial charge in [0, 0.05) is 36.6 Å². The van der Waals surface area contributed by atoms with E-state index in [9.17, 15) is 22.0 Å². The predicted octanol–water partition coefficient (Wildman–Crippen LogP) is 5.73. The van der Waals surface area contributed by atoms with Gasteiger partial charge >= 0.3 is 6.18 Å². The summed E-state index contributed by atoms with van der Waals surface area (Å²) in [5, 5.41) is 4.66. The molecular weight excluding hydrogens is 455 g/mol. The first kappa shape index (κ1) is 22.7. The maximum Gasteiger partial charge on any atom is 0.422 e. The number of ether oxygens (including phenoxy) is 1. The second-order valence-corrected chi connectivity index (χ2v) is 8.97. The highest BCUT2D eigenvalue weighted by Crippen LogP contribution is 2.62. The number of benzene rings is 1. The molecule has 0 amide bonds. The lowest BCUT2D eigenvalue weighted by atomic mass is 9.97. The van der Waals surface area contributed by atoms with Gasteiger partial charge in [0.2, 0.25) is 0 Å². The number of halogens is 5. The van der Waals surface area contributed by atoms with Crippen LogP contribution < -0.4 is 4.74 Å². The van der Waals surface area contributed by atoms with Gasteiger partial charge in [0.15, 0.2) is 12.4 Å². The monoisotopic (exact) mass is 478 g/mol. The summed E-state index contributed by atoms with van der Waals surface area (Å²) in [6.45, 7) is -1.37. The standard InChI is InChI=1S/C24H23F5N4O/c25-23(26,27)14-34-18-7-5-17(6-8-18)33-22(16-3-9-19-20(10-4-16)24(19,28)29)31-21(32-33)12-15-2-1-11-30-13-15/h1-2,5-8,11,13,16,19-20H,3-4,9-10,12,14H2. The van der Waals surface area contributed by atoms with E-state index in [-0.39, 0.29) is 11.7 Å². The predicted molar refractivity (Wildman–Crippen MR) is 113 cm³/mol. The summed E-state index contributed by atoms with van der Waals surface area (Å²) in [6, 6.07) is 9.90. The molecule has 0 saturated heterocycles. The Hall–Kier alpha value is -3.04. The minimum Gasteiger partial charge on any atom is -0.484 e. The molecule has 180 valence electrons. The third-order valence-corrected chi connectivity index (χ3v) is 6.63. The molecule has 0 N–H and O–H groups in total. The molecule has 2 aliphatic carbocycles. The highest BCUT2D eigenvalue weighted by molar-refractivity contribution is 5.38. The maximum absolute atomic E-state index is 13.9. The van der Waals surface area contributed by atoms with Gasteiger partial charge in [-0.1, -0.05) is 6.07 Å². The van der Waals surface area contributed by atoms with Crippen molar-refractivity contribution in [2.45, 2.75) is 50.1 Å². The summed E-state index contributed by atoms with van der Waals surface area (Å²) in [6.07, 6.45) is 1.51. The SMILES string of the molecule is FC(F)(F)COc1ccc(-n2nc(Cc3cccnc3)nc2C2CCC3C(CC2)C3(F)F)cc1. The lowest BCUT2D eigenvalue weighted by molar-refractivity contribution is -0.153. The average Bonchev–Trinajstić information content (AvgIpc) is 3.21. The largest absolute Gasteiger partial charge is 0.484 e. The number of hydrogen-bond donors (Lipinski definition) is 0. The van der Waals surface area contributed by atoms with Gasteiger partial charge < -0.3 is 4.74 Å². The van der Waals surface area contributed by atoms with Gasteiger partial charge in [-0.25, -0.2) is 18.4 Å². The Kier molecular flexibility index (Phi) is 5.77. The van der Waals surface area contributed by atoms with Crippen molar-refractivity contribution < 1.29 is 26.7 Å². The molecule has 1 aromatic carbocycles. The van der Waals surface area contributed by atoms with Crippen molar-refractivity contribution in [1.82, 2.24) is 19.7 Å². The summed E-state index contributed by atoms with van der Waals surface area (Å²) in [7, 11) is 0. The van der Waals surface area contributed by atoms with Gasteiger partial charge in [0.1, 0.15) is 11.6 Å². The van der Waals surface area contributed by atoms with Crippen LogP contribution in [-0.2, 0) is 6.42 Å². The molecule has 2 unspecified atom stereocenters. The van der Waals surface area contributed by atoms with Crippen molar-refractivity contribution in [3.63, 3.8) is 0 Å². The number of alkyl halides is 5. The summed E-state index contributed by atoms with van der Waals surface area (Å²) < 4.78 is 71.5. The van der Waals surface area contributed by atoms with Crippen LogP contribution in [0, 0.1) is 11.8 Å². The molecular formula is C24H23F5N4O. The number of rotatable bonds is 6. The Bertz CT molecular complexity index is 1110. The van der Waals surface area contributed by atoms with Gasteiger partial charge in [-0.15, -0.1) is 0 Å². The summed E-state index contributed by atoms with van der Waals surface area (Å²) in [5.41, 5.74) is 1.56. The number of nitrogens with zero attached hydrogens (tertiary/aromatic N) is 4. The summed E-state index contributed by atoms with van der Waals surface area (Å²) in [4.78, 5) is 8.89. The number of aromatic nitrogens is 4. The van der Waals surface area contributed by atoms with Crippen LogP contribution in [0.5, 0.6) is 5.75 Å². The van der Waals surface area contributed by atoms with Crippen LogP contribution in [0.1, 0.15) is 48.8 Å². The molecule has 2 aromatic heterocycles. The van der Waals surface area contributed by atoms with Crippen LogP contribution in [0.4, 0.5) is 22.0 Å². The molecule has 5 nitrogen and oxygen atoms in total. The van der Waals surface area contributed by atoms with Gasteiger partial charge in [-0.05, 0) is 61.6 Å². The Morgan fingerprint density at radius 2 is 1.71 bits per heavy atom. The first-order chi connectivity index (χ1) is 16.2. The van der Waals surface area contributed by atoms with E-state index in [4.69, 9.17) is 9.72 Å². The lowest BCUT2D eigenvalue weighted by Gasteiger charge is -2.16. The normalized spacial score (nSPS) is 23.7. The van der Waals surface area contributed by atoms with Gasteiger partial charge in [0.25, 0.3) is 5.92 Å². The van der Waals surface area contributed by atoms with Crippen molar-refractivity contribution in [1.29, 1.82) is 0 Å². The van der Waals surface area contributed by atoms with Crippen LogP contribution in [0.2, 0.25) is 0 Å². The first-order valence-electron chi connectivity index (χ1n) is 11.2. The zero-order valence-corrected chi connectivity index (χ0v) is 18.2. The fourth-order valence-corrected chi connectivity index (χ4v) is 4.84. The molecule has 2 aliphatic rings. The molecule has 10 heteroatoms. The third-order valence-electron chi connectivity index (χ3n) is 6.63. The Balaban J connectivity index is 1.41. The smallest absolute Gasteiger partial charge is 0.422 e. The van der Waals surface area contributed by atoms with Crippen LogP contribution >= 0.6 is 0 Å². The molecule has 2 heterocycles. The average molecular weight is 478 g/mol. The molecule has 2 saturated carbocycles. The van der Waals surface area contributed by atoms with E-state index in [0.29, 0.717) is 49.4 Å². The molecule has 0 bridgehead atoms. The zero-order valence-electron chi connectivity index (χ0n) is 18.2. The number of fused-ring (bicyclic) bond motifs is 1. The van der Waals surface area contributed by atoms with E-state index in [0.717, 1.165) is 5.56 Å². The van der Waals surface area contributed by atoms with Gasteiger partial charge in [-0.3, -0.25) is 4.98 Å². The molecule has 0 aliphatic heterocycles. The number of hydrogen-bond acceptors (Lipinski definition) is 4. The van der Waals surface area contributed by atoms with E-state index in [1.165, 1.54) is 12.1 Å². The van der Waals surface area contributed by atoms with E-state index in [1.54, 1.807) is 29.2 Å². The first-order valence-corrected chi connectivity index (χ1v) is 11.2. The van der Waals surface area contributed by atoms with Gasteiger partial charge in [0.05, 0.1) is 5.69 Å². The molecule has 3 aromatic rings. The second-order valence-electron chi connectivity index (χ2n) is 8.97. The van der Waals surface area contributed by atoms with Crippen LogP contribution in [-0.4, -0.2) is 38.5 Å². The van der Waals surface area contributed by atoms with Crippen LogP contribution in [0.25, 0.3) is 5.69 Å². The quantitative estimate of drug-likeness (QED) is 0.425. The zero-order chi connectivity index (χ0) is 23.9. The van der Waals surface area contributed by atoms with E-state index in [2.05, 4.69) is 10.1 Å². The summed E-state index contributed by atoms with van der Waals surface area (Å²) >= 11 is 0. The van der Waals surface area contributed by atoms with Gasteiger partial charge in [-0.2, -0.15) is 18.3 Å². The van der Waals surface area contributed by atoms with Crippen molar-refractivity contribution in [2.24, 2.45) is 11.8 Å². The minimum atomic E-state index is -4.42. The fourth-order valence-electron chi connectivity index (χ4n) is 4.84. The maximum atomic E-state index is 13.9. The number of pyridine rings is 1. The molecule has 2 atom stereocenters. The molecule has 2 fully saturated rings. The van der Waals surface area contributed by atoms with Crippen molar-refractivity contribution in [2.75, 3.05) is 6.61 Å². The Labute approximate surface area is 193 Å².